The zero-order valence-electron chi connectivity index (χ0n) is 23.9. The lowest BCUT2D eigenvalue weighted by atomic mass is 9.81. The van der Waals surface area contributed by atoms with Crippen LogP contribution in [-0.2, 0) is 25.6 Å². The fraction of sp³-hybridized carbons (Fsp3) is 0.500. The Morgan fingerprint density at radius 3 is 2.58 bits per heavy atom. The van der Waals surface area contributed by atoms with Crippen molar-refractivity contribution in [1.82, 2.24) is 24.8 Å². The first-order valence-corrected chi connectivity index (χ1v) is 14.5. The van der Waals surface area contributed by atoms with Crippen LogP contribution in [0.5, 0.6) is 0 Å². The lowest BCUT2D eigenvalue weighted by Crippen LogP contribution is -2.42. The summed E-state index contributed by atoms with van der Waals surface area (Å²) in [6.45, 7) is 2.63. The van der Waals surface area contributed by atoms with Crippen molar-refractivity contribution in [3.63, 3.8) is 0 Å². The number of aliphatic hydroxyl groups is 2. The van der Waals surface area contributed by atoms with Gasteiger partial charge < -0.3 is 35.5 Å². The van der Waals surface area contributed by atoms with Gasteiger partial charge in [0.1, 0.15) is 24.3 Å². The van der Waals surface area contributed by atoms with Crippen molar-refractivity contribution in [2.75, 3.05) is 18.9 Å². The van der Waals surface area contributed by atoms with Crippen LogP contribution in [0, 0.1) is 23.7 Å². The van der Waals surface area contributed by atoms with E-state index in [1.54, 1.807) is 6.92 Å². The molecular weight excluding hydrogens is 556 g/mol. The Labute approximate surface area is 248 Å². The zero-order valence-corrected chi connectivity index (χ0v) is 23.9. The van der Waals surface area contributed by atoms with Gasteiger partial charge in [-0.05, 0) is 55.9 Å². The number of nitrogens with one attached hydrogen (secondary N) is 1. The number of nitrogens with zero attached hydrogens (tertiary/aromatic N) is 4. The third-order valence-corrected chi connectivity index (χ3v) is 7.76. The van der Waals surface area contributed by atoms with E-state index in [0.29, 0.717) is 36.9 Å². The second kappa shape index (κ2) is 13.8. The summed E-state index contributed by atoms with van der Waals surface area (Å²) in [5, 5.41) is 23.6. The Morgan fingerprint density at radius 1 is 1.09 bits per heavy atom. The van der Waals surface area contributed by atoms with E-state index in [1.807, 2.05) is 30.3 Å². The number of aliphatic hydroxyl groups excluding tert-OH is 2. The predicted octanol–water partition coefficient (Wildman–Crippen LogP) is 2.07. The number of fused-ring (bicyclic) bond motifs is 1. The molecule has 4 atom stereocenters. The second-order valence-corrected chi connectivity index (χ2v) is 10.8. The Bertz CT molecular complexity index is 1480. The highest BCUT2D eigenvalue weighted by Crippen LogP contribution is 2.33. The molecule has 2 aromatic heterocycles. The summed E-state index contributed by atoms with van der Waals surface area (Å²) < 4.78 is 17.6. The first kappa shape index (κ1) is 30.2. The van der Waals surface area contributed by atoms with Crippen molar-refractivity contribution >= 4 is 29.0 Å². The van der Waals surface area contributed by atoms with Crippen molar-refractivity contribution < 1.29 is 34.0 Å². The molecule has 1 amide bonds. The number of hydrogen-bond acceptors (Lipinski definition) is 11. The smallest absolute Gasteiger partial charge is 0.434 e. The molecule has 1 unspecified atom stereocenters. The van der Waals surface area contributed by atoms with Gasteiger partial charge in [0.25, 0.3) is 5.91 Å². The molecule has 2 fully saturated rings. The molecule has 1 aliphatic carbocycles. The molecule has 1 aliphatic heterocycles. The average Bonchev–Trinajstić information content (AvgIpc) is 3.57. The minimum atomic E-state index is -1.43. The molecule has 3 aromatic rings. The number of carbonyl (C=O) groups is 2. The number of benzene rings is 1. The maximum atomic E-state index is 12.3. The van der Waals surface area contributed by atoms with Gasteiger partial charge in [0.05, 0.1) is 12.9 Å². The number of likely N-dealkylation sites (N-methyl/N-ethyl adjacent to an activating group) is 1. The molecule has 13 heteroatoms. The maximum Gasteiger partial charge on any atom is 0.508 e. The molecular formula is C30H36N6O7. The van der Waals surface area contributed by atoms with Crippen LogP contribution in [0.3, 0.4) is 0 Å². The summed E-state index contributed by atoms with van der Waals surface area (Å²) in [4.78, 5) is 37.2. The van der Waals surface area contributed by atoms with Gasteiger partial charge in [-0.15, -0.1) is 0 Å². The van der Waals surface area contributed by atoms with Gasteiger partial charge in [-0.2, -0.15) is 0 Å². The Balaban J connectivity index is 1.13. The number of nitrogen functional groups attached to an aromatic ring is 1. The number of ether oxygens (including phenoxy) is 3. The Morgan fingerprint density at radius 2 is 1.84 bits per heavy atom. The summed E-state index contributed by atoms with van der Waals surface area (Å²) in [5.74, 6) is 6.60. The van der Waals surface area contributed by atoms with Crippen molar-refractivity contribution in [3.8, 4) is 11.8 Å². The number of nitrogens with two attached hydrogens (primary N) is 1. The number of hydrogen-bond donors (Lipinski definition) is 4. The van der Waals surface area contributed by atoms with Gasteiger partial charge in [-0.1, -0.05) is 36.3 Å². The fourth-order valence-corrected chi connectivity index (χ4v) is 5.38. The molecule has 5 rings (SSSR count). The quantitative estimate of drug-likeness (QED) is 0.222. The predicted molar refractivity (Wildman–Crippen MR) is 154 cm³/mol. The number of anilines is 1. The molecule has 0 bridgehead atoms. The van der Waals surface area contributed by atoms with E-state index in [2.05, 4.69) is 32.1 Å². The maximum absolute atomic E-state index is 12.3. The fourth-order valence-electron chi connectivity index (χ4n) is 5.38. The van der Waals surface area contributed by atoms with E-state index >= 15 is 0 Å². The largest absolute Gasteiger partial charge is 0.508 e. The van der Waals surface area contributed by atoms with Crippen molar-refractivity contribution in [1.29, 1.82) is 0 Å². The molecule has 1 saturated carbocycles. The monoisotopic (exact) mass is 592 g/mol. The topological polar surface area (TPSA) is 184 Å². The van der Waals surface area contributed by atoms with Crippen LogP contribution in [0.25, 0.3) is 11.2 Å². The minimum Gasteiger partial charge on any atom is -0.434 e. The highest BCUT2D eigenvalue weighted by molar-refractivity contribution is 5.83. The van der Waals surface area contributed by atoms with E-state index < -0.39 is 36.6 Å². The number of rotatable bonds is 8. The van der Waals surface area contributed by atoms with Crippen LogP contribution in [0.4, 0.5) is 10.6 Å². The number of amides is 1. The van der Waals surface area contributed by atoms with Gasteiger partial charge in [-0.25, -0.2) is 19.7 Å². The molecule has 2 aliphatic rings. The van der Waals surface area contributed by atoms with Gasteiger partial charge in [-0.3, -0.25) is 9.36 Å². The lowest BCUT2D eigenvalue weighted by Gasteiger charge is -2.26. The van der Waals surface area contributed by atoms with Gasteiger partial charge in [0, 0.05) is 13.0 Å². The molecule has 1 aromatic carbocycles. The summed E-state index contributed by atoms with van der Waals surface area (Å²) in [6.07, 6.45) is -0.0135. The van der Waals surface area contributed by atoms with Crippen LogP contribution in [0.2, 0.25) is 0 Å². The molecule has 13 nitrogen and oxygen atoms in total. The van der Waals surface area contributed by atoms with Crippen LogP contribution >= 0.6 is 0 Å². The molecule has 0 radical (unpaired) electrons. The van der Waals surface area contributed by atoms with Crippen LogP contribution in [0.15, 0.2) is 36.7 Å². The molecule has 43 heavy (non-hydrogen) atoms. The van der Waals surface area contributed by atoms with E-state index in [0.717, 1.165) is 31.2 Å². The van der Waals surface area contributed by atoms with Gasteiger partial charge >= 0.3 is 6.16 Å². The van der Waals surface area contributed by atoms with E-state index in [-0.39, 0.29) is 23.9 Å². The lowest BCUT2D eigenvalue weighted by molar-refractivity contribution is -0.137. The van der Waals surface area contributed by atoms with Crippen molar-refractivity contribution in [2.24, 2.45) is 11.8 Å². The number of aromatic nitrogens is 4. The summed E-state index contributed by atoms with van der Waals surface area (Å²) in [6, 6.07) is 9.46. The third-order valence-electron chi connectivity index (χ3n) is 7.76. The Kier molecular flexibility index (Phi) is 9.71. The van der Waals surface area contributed by atoms with Crippen molar-refractivity contribution in [3.05, 3.63) is 48.0 Å². The second-order valence-electron chi connectivity index (χ2n) is 10.8. The molecule has 3 heterocycles. The van der Waals surface area contributed by atoms with E-state index in [9.17, 15) is 19.8 Å². The molecule has 228 valence electrons. The molecule has 1 saturated heterocycles. The normalized spacial score (nSPS) is 25.1. The third kappa shape index (κ3) is 7.22. The minimum absolute atomic E-state index is 0.115. The first-order valence-electron chi connectivity index (χ1n) is 14.5. The van der Waals surface area contributed by atoms with Crippen LogP contribution < -0.4 is 11.1 Å². The first-order chi connectivity index (χ1) is 20.8. The summed E-state index contributed by atoms with van der Waals surface area (Å²) in [5.41, 5.74) is 7.59. The SMILES string of the molecule is CCNC(=O)[C@H]1O[C@@H](n2cnc3c(N)nc(C#CCC4CCC(COC(=O)OCc5ccccc5)CC4)nc32)[C@@H](O)C1O. The van der Waals surface area contributed by atoms with Gasteiger partial charge in [0.2, 0.25) is 5.82 Å². The standard InChI is InChI=1S/C30H36N6O7/c1-2-32-28(39)25-23(37)24(38)29(43-25)36-17-33-22-26(31)34-21(35-27(22)36)10-6-9-18-11-13-20(14-12-18)16-42-30(40)41-15-19-7-4-3-5-8-19/h3-5,7-8,17-18,20,23-25,29,37-38H,2,9,11-16H2,1H3,(H,32,39)(H2,31,34,35)/t18?,20?,23?,24-,25-,29+/m0/s1. The zero-order chi connectivity index (χ0) is 30.3. The number of carbonyl (C=O) groups excluding carboxylic acids is 2. The van der Waals surface area contributed by atoms with E-state index in [4.69, 9.17) is 19.9 Å². The highest BCUT2D eigenvalue weighted by atomic mass is 16.7. The number of imidazole rings is 1. The van der Waals surface area contributed by atoms with Crippen molar-refractivity contribution in [2.45, 2.75) is 70.2 Å². The molecule has 0 spiro atoms. The summed E-state index contributed by atoms with van der Waals surface area (Å²) >= 11 is 0. The average molecular weight is 593 g/mol. The van der Waals surface area contributed by atoms with Crippen LogP contribution in [0.1, 0.15) is 56.6 Å². The summed E-state index contributed by atoms with van der Waals surface area (Å²) in [7, 11) is 0. The van der Waals surface area contributed by atoms with Gasteiger partial charge in [0.15, 0.2) is 23.8 Å². The molecule has 5 N–H and O–H groups in total. The van der Waals surface area contributed by atoms with Crippen LogP contribution in [-0.4, -0.2) is 73.3 Å². The Hall–Kier alpha value is -4.25. The highest BCUT2D eigenvalue weighted by Gasteiger charge is 2.47. The van der Waals surface area contributed by atoms with E-state index in [1.165, 1.54) is 10.9 Å².